The van der Waals surface area contributed by atoms with Crippen molar-refractivity contribution in [1.29, 1.82) is 0 Å². The SMILES string of the molecule is CC1CCC(OCC2CCC(CNC(C)(C)C)O2)CC1C. The third-order valence-electron chi connectivity index (χ3n) is 5.12. The Hall–Kier alpha value is -0.120. The normalized spacial score (nSPS) is 37.9. The maximum Gasteiger partial charge on any atom is 0.0814 e. The van der Waals surface area contributed by atoms with E-state index in [-0.39, 0.29) is 5.54 Å². The molecule has 2 fully saturated rings. The van der Waals surface area contributed by atoms with Crippen molar-refractivity contribution in [3.05, 3.63) is 0 Å². The monoisotopic (exact) mass is 297 g/mol. The van der Waals surface area contributed by atoms with Crippen LogP contribution in [0.15, 0.2) is 0 Å². The van der Waals surface area contributed by atoms with Crippen molar-refractivity contribution in [2.24, 2.45) is 11.8 Å². The van der Waals surface area contributed by atoms with Gasteiger partial charge in [0.15, 0.2) is 0 Å². The number of hydrogen-bond acceptors (Lipinski definition) is 3. The third-order valence-corrected chi connectivity index (χ3v) is 5.12. The zero-order valence-electron chi connectivity index (χ0n) is 14.7. The molecule has 124 valence electrons. The van der Waals surface area contributed by atoms with E-state index in [4.69, 9.17) is 9.47 Å². The molecule has 1 aliphatic carbocycles. The van der Waals surface area contributed by atoms with Crippen LogP contribution in [0.25, 0.3) is 0 Å². The third kappa shape index (κ3) is 5.88. The summed E-state index contributed by atoms with van der Waals surface area (Å²) >= 11 is 0. The lowest BCUT2D eigenvalue weighted by Gasteiger charge is -2.32. The first-order valence-electron chi connectivity index (χ1n) is 8.85. The maximum atomic E-state index is 6.13. The van der Waals surface area contributed by atoms with Crippen LogP contribution in [0.1, 0.15) is 66.7 Å². The van der Waals surface area contributed by atoms with Crippen molar-refractivity contribution in [3.63, 3.8) is 0 Å². The van der Waals surface area contributed by atoms with Crippen LogP contribution in [-0.2, 0) is 9.47 Å². The highest BCUT2D eigenvalue weighted by Crippen LogP contribution is 2.31. The molecule has 0 amide bonds. The number of nitrogens with one attached hydrogen (secondary N) is 1. The van der Waals surface area contributed by atoms with Crippen LogP contribution in [0.4, 0.5) is 0 Å². The van der Waals surface area contributed by atoms with Gasteiger partial charge in [0.25, 0.3) is 0 Å². The second-order valence-corrected chi connectivity index (χ2v) is 8.31. The quantitative estimate of drug-likeness (QED) is 0.838. The lowest BCUT2D eigenvalue weighted by Crippen LogP contribution is -2.41. The lowest BCUT2D eigenvalue weighted by atomic mass is 9.80. The van der Waals surface area contributed by atoms with Crippen LogP contribution in [0.5, 0.6) is 0 Å². The van der Waals surface area contributed by atoms with Gasteiger partial charge >= 0.3 is 0 Å². The van der Waals surface area contributed by atoms with Crippen LogP contribution >= 0.6 is 0 Å². The van der Waals surface area contributed by atoms with E-state index in [0.717, 1.165) is 37.8 Å². The Morgan fingerprint density at radius 2 is 1.71 bits per heavy atom. The number of rotatable bonds is 5. The van der Waals surface area contributed by atoms with E-state index in [9.17, 15) is 0 Å². The van der Waals surface area contributed by atoms with Gasteiger partial charge in [-0.2, -0.15) is 0 Å². The van der Waals surface area contributed by atoms with E-state index in [0.29, 0.717) is 18.3 Å². The highest BCUT2D eigenvalue weighted by Gasteiger charge is 2.29. The van der Waals surface area contributed by atoms with Gasteiger partial charge in [-0.3, -0.25) is 0 Å². The molecule has 1 saturated carbocycles. The molecule has 0 aromatic carbocycles. The fourth-order valence-electron chi connectivity index (χ4n) is 3.37. The van der Waals surface area contributed by atoms with Crippen molar-refractivity contribution in [2.75, 3.05) is 13.2 Å². The molecule has 0 radical (unpaired) electrons. The molecule has 5 unspecified atom stereocenters. The summed E-state index contributed by atoms with van der Waals surface area (Å²) in [4.78, 5) is 0. The molecule has 0 spiro atoms. The summed E-state index contributed by atoms with van der Waals surface area (Å²) in [6, 6.07) is 0. The molecular formula is C18H35NO2. The molecule has 5 atom stereocenters. The van der Waals surface area contributed by atoms with Crippen molar-refractivity contribution >= 4 is 0 Å². The van der Waals surface area contributed by atoms with Gasteiger partial charge in [-0.25, -0.2) is 0 Å². The maximum absolute atomic E-state index is 6.13. The molecule has 21 heavy (non-hydrogen) atoms. The molecule has 3 nitrogen and oxygen atoms in total. The Labute approximate surface area is 131 Å². The second-order valence-electron chi connectivity index (χ2n) is 8.31. The highest BCUT2D eigenvalue weighted by atomic mass is 16.5. The van der Waals surface area contributed by atoms with E-state index in [1.165, 1.54) is 19.3 Å². The molecule has 1 aliphatic heterocycles. The summed E-state index contributed by atoms with van der Waals surface area (Å²) < 4.78 is 12.2. The second kappa shape index (κ2) is 7.43. The minimum Gasteiger partial charge on any atom is -0.376 e. The summed E-state index contributed by atoms with van der Waals surface area (Å²) in [6.45, 7) is 13.1. The zero-order chi connectivity index (χ0) is 15.5. The molecule has 1 N–H and O–H groups in total. The molecule has 1 saturated heterocycles. The van der Waals surface area contributed by atoms with Crippen LogP contribution < -0.4 is 5.32 Å². The standard InChI is InChI=1S/C18H35NO2/c1-13-6-7-15(10-14(13)2)20-12-17-9-8-16(21-17)11-19-18(3,4)5/h13-17,19H,6-12H2,1-5H3. The fourth-order valence-corrected chi connectivity index (χ4v) is 3.37. The lowest BCUT2D eigenvalue weighted by molar-refractivity contribution is -0.0602. The van der Waals surface area contributed by atoms with Crippen LogP contribution in [0.2, 0.25) is 0 Å². The highest BCUT2D eigenvalue weighted by molar-refractivity contribution is 4.80. The van der Waals surface area contributed by atoms with E-state index >= 15 is 0 Å². The van der Waals surface area contributed by atoms with Gasteiger partial charge < -0.3 is 14.8 Å². The molecule has 2 aliphatic rings. The molecule has 2 rings (SSSR count). The van der Waals surface area contributed by atoms with E-state index in [1.54, 1.807) is 0 Å². The van der Waals surface area contributed by atoms with Crippen molar-refractivity contribution in [1.82, 2.24) is 5.32 Å². The van der Waals surface area contributed by atoms with Crippen molar-refractivity contribution in [3.8, 4) is 0 Å². The Balaban J connectivity index is 1.62. The van der Waals surface area contributed by atoms with Crippen LogP contribution in [-0.4, -0.2) is 37.0 Å². The van der Waals surface area contributed by atoms with Crippen molar-refractivity contribution in [2.45, 2.75) is 90.6 Å². The smallest absolute Gasteiger partial charge is 0.0814 e. The topological polar surface area (TPSA) is 30.5 Å². The van der Waals surface area contributed by atoms with Gasteiger partial charge in [0, 0.05) is 12.1 Å². The van der Waals surface area contributed by atoms with E-state index in [1.807, 2.05) is 0 Å². The number of hydrogen-bond donors (Lipinski definition) is 1. The minimum absolute atomic E-state index is 0.173. The summed E-state index contributed by atoms with van der Waals surface area (Å²) in [7, 11) is 0. The van der Waals surface area contributed by atoms with Gasteiger partial charge in [0.2, 0.25) is 0 Å². The van der Waals surface area contributed by atoms with Crippen LogP contribution in [0.3, 0.4) is 0 Å². The first kappa shape index (κ1) is 17.2. The molecule has 3 heteroatoms. The summed E-state index contributed by atoms with van der Waals surface area (Å²) in [5.74, 6) is 1.66. The fraction of sp³-hybridized carbons (Fsp3) is 1.00. The van der Waals surface area contributed by atoms with Gasteiger partial charge in [-0.05, 0) is 64.7 Å². The van der Waals surface area contributed by atoms with Gasteiger partial charge in [-0.15, -0.1) is 0 Å². The van der Waals surface area contributed by atoms with Gasteiger partial charge in [-0.1, -0.05) is 13.8 Å². The zero-order valence-corrected chi connectivity index (χ0v) is 14.7. The molecule has 0 bridgehead atoms. The Morgan fingerprint density at radius 3 is 2.38 bits per heavy atom. The average molecular weight is 297 g/mol. The molecular weight excluding hydrogens is 262 g/mol. The Kier molecular flexibility index (Phi) is 6.10. The van der Waals surface area contributed by atoms with Gasteiger partial charge in [0.1, 0.15) is 0 Å². The van der Waals surface area contributed by atoms with Crippen molar-refractivity contribution < 1.29 is 9.47 Å². The summed E-state index contributed by atoms with van der Waals surface area (Å²) in [5, 5.41) is 3.53. The first-order valence-corrected chi connectivity index (χ1v) is 8.85. The molecule has 0 aromatic rings. The first-order chi connectivity index (χ1) is 9.83. The summed E-state index contributed by atoms with van der Waals surface area (Å²) in [5.41, 5.74) is 0.173. The Morgan fingerprint density at radius 1 is 1.00 bits per heavy atom. The summed E-state index contributed by atoms with van der Waals surface area (Å²) in [6.07, 6.45) is 7.22. The van der Waals surface area contributed by atoms with E-state index in [2.05, 4.69) is 39.9 Å². The van der Waals surface area contributed by atoms with E-state index < -0.39 is 0 Å². The predicted molar refractivity (Wildman–Crippen MR) is 87.6 cm³/mol. The number of ether oxygens (including phenoxy) is 2. The predicted octanol–water partition coefficient (Wildman–Crippen LogP) is 3.76. The Bertz CT molecular complexity index is 313. The minimum atomic E-state index is 0.173. The van der Waals surface area contributed by atoms with Crippen LogP contribution in [0, 0.1) is 11.8 Å². The largest absolute Gasteiger partial charge is 0.376 e. The molecule has 0 aromatic heterocycles. The molecule has 1 heterocycles. The van der Waals surface area contributed by atoms with Gasteiger partial charge in [0.05, 0.1) is 24.9 Å². The average Bonchev–Trinajstić information content (AvgIpc) is 2.85.